The van der Waals surface area contributed by atoms with Crippen LogP contribution in [0.2, 0.25) is 0 Å². The fourth-order valence-corrected chi connectivity index (χ4v) is 11.2. The van der Waals surface area contributed by atoms with E-state index in [0.717, 1.165) is 44.7 Å². The van der Waals surface area contributed by atoms with Crippen LogP contribution in [0.15, 0.2) is 94.4 Å². The molecule has 0 saturated heterocycles. The number of likely N-dealkylation sites (N-methyl/N-ethyl adjacent to an activating group) is 1. The van der Waals surface area contributed by atoms with Gasteiger partial charge in [-0.15, -0.1) is 0 Å². The van der Waals surface area contributed by atoms with E-state index < -0.39 is 37.0 Å². The molecule has 0 amide bonds. The number of nitrogens with zero attached hydrogens (tertiary/aromatic N) is 2. The first kappa shape index (κ1) is 59.6. The van der Waals surface area contributed by atoms with Gasteiger partial charge in [-0.2, -0.15) is 21.4 Å². The van der Waals surface area contributed by atoms with Gasteiger partial charge >= 0.3 is 5.97 Å². The molecule has 0 bridgehead atoms. The Morgan fingerprint density at radius 3 is 1.59 bits per heavy atom. The topological polar surface area (TPSA) is 226 Å². The number of allylic oxidation sites excluding steroid dienone is 4. The number of carbonyl (C=O) groups is 1. The number of carboxylic acid groups (broad SMARTS) is 1. The summed E-state index contributed by atoms with van der Waals surface area (Å²) in [4.78, 5) is 13.3. The lowest BCUT2D eigenvalue weighted by molar-refractivity contribution is -0.438. The summed E-state index contributed by atoms with van der Waals surface area (Å²) in [5.74, 6) is -0.844. The van der Waals surface area contributed by atoms with E-state index in [1.807, 2.05) is 24.3 Å². The van der Waals surface area contributed by atoms with Crippen LogP contribution >= 0.6 is 0 Å². The van der Waals surface area contributed by atoms with Crippen molar-refractivity contribution in [3.05, 3.63) is 95.7 Å². The summed E-state index contributed by atoms with van der Waals surface area (Å²) in [6.45, 7) is 13.5. The number of anilines is 1. The summed E-state index contributed by atoms with van der Waals surface area (Å²) in [5.41, 5.74) is 4.45. The van der Waals surface area contributed by atoms with Gasteiger partial charge in [0.2, 0.25) is 5.69 Å². The van der Waals surface area contributed by atoms with Crippen LogP contribution in [0.1, 0.15) is 70.4 Å². The number of aliphatic carboxylic acids is 1. The van der Waals surface area contributed by atoms with E-state index in [2.05, 4.69) is 48.5 Å². The van der Waals surface area contributed by atoms with Gasteiger partial charge in [0.05, 0.1) is 94.5 Å². The Morgan fingerprint density at radius 1 is 0.613 bits per heavy atom. The number of benzene rings is 4. The van der Waals surface area contributed by atoms with Crippen molar-refractivity contribution in [2.45, 2.75) is 79.9 Å². The highest BCUT2D eigenvalue weighted by Crippen LogP contribution is 2.53. The minimum Gasteiger partial charge on any atom is -0.481 e. The van der Waals surface area contributed by atoms with Gasteiger partial charge in [0.15, 0.2) is 5.71 Å². The fraction of sp³-hybridized carbons (Fsp3) is 0.527. The SMILES string of the molecule is CCN1C(=CC=CC2=[N+](CCCCCC(=O)O)c3ccc4cc(S(=O)(=O)O)ccc4c3C2(C)CCOCCOCCOCCOC)C(C)(CCOCCOCCOCCOC)c2c1ccc1cc(S(=O)(=O)O)ccc21. The number of fused-ring (bicyclic) bond motifs is 6. The summed E-state index contributed by atoms with van der Waals surface area (Å²) in [5, 5.41) is 12.4. The number of hydrogen-bond donors (Lipinski definition) is 3. The average molecular weight is 1080 g/mol. The maximum absolute atomic E-state index is 12.3. The van der Waals surface area contributed by atoms with Gasteiger partial charge in [0.25, 0.3) is 20.2 Å². The average Bonchev–Trinajstić information content (AvgIpc) is 3.76. The molecule has 4 aromatic rings. The normalized spacial score (nSPS) is 18.4. The Morgan fingerprint density at radius 2 is 1.09 bits per heavy atom. The van der Waals surface area contributed by atoms with Crippen LogP contribution in [0.5, 0.6) is 0 Å². The third-order valence-electron chi connectivity index (χ3n) is 13.9. The Kier molecular flexibility index (Phi) is 22.3. The molecule has 412 valence electrons. The Balaban J connectivity index is 1.38. The van der Waals surface area contributed by atoms with Crippen LogP contribution in [-0.4, -0.2) is 167 Å². The summed E-state index contributed by atoms with van der Waals surface area (Å²) in [6, 6.07) is 17.0. The van der Waals surface area contributed by atoms with Gasteiger partial charge in [-0.25, -0.2) is 0 Å². The maximum Gasteiger partial charge on any atom is 0.303 e. The molecule has 0 radical (unpaired) electrons. The minimum absolute atomic E-state index is 0.0665. The first-order valence-electron chi connectivity index (χ1n) is 25.6. The molecule has 4 aromatic carbocycles. The summed E-state index contributed by atoms with van der Waals surface area (Å²) in [7, 11) is -5.71. The van der Waals surface area contributed by atoms with Gasteiger partial charge < -0.3 is 47.9 Å². The molecule has 0 fully saturated rings. The largest absolute Gasteiger partial charge is 0.481 e. The van der Waals surface area contributed by atoms with E-state index in [-0.39, 0.29) is 16.2 Å². The van der Waals surface area contributed by atoms with E-state index in [1.54, 1.807) is 26.4 Å². The van der Waals surface area contributed by atoms with Crippen molar-refractivity contribution in [2.75, 3.05) is 125 Å². The number of methoxy groups -OCH3 is 2. The number of unbranched alkanes of at least 4 members (excludes halogenated alkanes) is 2. The lowest BCUT2D eigenvalue weighted by atomic mass is 9.74. The predicted molar refractivity (Wildman–Crippen MR) is 286 cm³/mol. The highest BCUT2D eigenvalue weighted by Gasteiger charge is 2.49. The van der Waals surface area contributed by atoms with Gasteiger partial charge in [0.1, 0.15) is 6.54 Å². The van der Waals surface area contributed by atoms with Crippen LogP contribution in [0.25, 0.3) is 21.5 Å². The van der Waals surface area contributed by atoms with Gasteiger partial charge in [0, 0.05) is 81.3 Å². The van der Waals surface area contributed by atoms with Gasteiger partial charge in [-0.3, -0.25) is 13.9 Å². The minimum atomic E-state index is -4.49. The standard InChI is InChI=1S/C55H74N2O16S2/c1-6-56-47-20-14-41-39-43(74(60,61)62)16-18-45(41)52(47)54(2,22-25-68-31-33-72-37-35-70-29-27-66-4)49(56)11-10-12-50-55(3,23-26-69-32-34-73-38-36-71-30-28-67-5)53-46-19-17-44(75(63,64)65)40-42(46)15-21-48(53)57(50)24-9-7-8-13-51(58)59/h10-12,14-21,39-40H,6-9,13,22-38H2,1-5H3,(H2-,58,59,60,61,62,63,64,65)/p+1. The third kappa shape index (κ3) is 15.3. The molecule has 0 aromatic heterocycles. The number of rotatable bonds is 35. The van der Waals surface area contributed by atoms with Crippen molar-refractivity contribution >= 4 is 64.8 Å². The molecule has 3 N–H and O–H groups in total. The fourth-order valence-electron chi connectivity index (χ4n) is 10.1. The first-order chi connectivity index (χ1) is 36.0. The van der Waals surface area contributed by atoms with Gasteiger partial charge in [-0.05, 0) is 116 Å². The molecule has 0 saturated carbocycles. The van der Waals surface area contributed by atoms with Crippen LogP contribution < -0.4 is 4.90 Å². The molecule has 2 atom stereocenters. The van der Waals surface area contributed by atoms with Crippen molar-refractivity contribution in [1.82, 2.24) is 0 Å². The quantitative estimate of drug-likeness (QED) is 0.0226. The molecule has 0 spiro atoms. The molecular weight excluding hydrogens is 1010 g/mol. The predicted octanol–water partition coefficient (Wildman–Crippen LogP) is 7.90. The van der Waals surface area contributed by atoms with Crippen LogP contribution in [-0.2, 0) is 73.8 Å². The molecule has 20 heteroatoms. The van der Waals surface area contributed by atoms with Gasteiger partial charge in [-0.1, -0.05) is 24.3 Å². The molecule has 75 heavy (non-hydrogen) atoms. The zero-order valence-electron chi connectivity index (χ0n) is 43.9. The molecule has 2 aliphatic rings. The second kappa shape index (κ2) is 28.1. The number of hydrogen-bond acceptors (Lipinski definition) is 14. The molecular formula is C55H75N2O16S2+. The Hall–Kier alpha value is -4.68. The zero-order chi connectivity index (χ0) is 54.1. The summed E-state index contributed by atoms with van der Waals surface area (Å²) < 4.78 is 117. The second-order valence-electron chi connectivity index (χ2n) is 18.9. The monoisotopic (exact) mass is 1080 g/mol. The van der Waals surface area contributed by atoms with Crippen molar-refractivity contribution < 1.29 is 78.3 Å². The van der Waals surface area contributed by atoms with Crippen molar-refractivity contribution in [1.29, 1.82) is 0 Å². The molecule has 2 unspecified atom stereocenters. The maximum atomic E-state index is 12.3. The van der Waals surface area contributed by atoms with E-state index in [0.29, 0.717) is 148 Å². The van der Waals surface area contributed by atoms with E-state index in [9.17, 15) is 35.8 Å². The van der Waals surface area contributed by atoms with Crippen molar-refractivity contribution in [3.63, 3.8) is 0 Å². The zero-order valence-corrected chi connectivity index (χ0v) is 45.6. The molecule has 18 nitrogen and oxygen atoms in total. The highest BCUT2D eigenvalue weighted by atomic mass is 32.2. The van der Waals surface area contributed by atoms with E-state index >= 15 is 0 Å². The first-order valence-corrected chi connectivity index (χ1v) is 28.4. The molecule has 0 aliphatic carbocycles. The Bertz CT molecular complexity index is 2890. The summed E-state index contributed by atoms with van der Waals surface area (Å²) in [6.07, 6.45) is 9.34. The lowest BCUT2D eigenvalue weighted by Crippen LogP contribution is -2.33. The number of carboxylic acids is 1. The van der Waals surface area contributed by atoms with Crippen molar-refractivity contribution in [3.8, 4) is 0 Å². The molecule has 2 aliphatic heterocycles. The van der Waals surface area contributed by atoms with Crippen molar-refractivity contribution in [2.24, 2.45) is 0 Å². The number of ether oxygens (including phenoxy) is 8. The van der Waals surface area contributed by atoms with E-state index in [4.69, 9.17) is 37.9 Å². The van der Waals surface area contributed by atoms with Crippen LogP contribution in [0, 0.1) is 0 Å². The molecule has 2 heterocycles. The highest BCUT2D eigenvalue weighted by molar-refractivity contribution is 7.86. The van der Waals surface area contributed by atoms with Crippen LogP contribution in [0.4, 0.5) is 11.4 Å². The second-order valence-corrected chi connectivity index (χ2v) is 21.7. The lowest BCUT2D eigenvalue weighted by Gasteiger charge is -2.30. The third-order valence-corrected chi connectivity index (χ3v) is 15.6. The van der Waals surface area contributed by atoms with Crippen LogP contribution in [0.3, 0.4) is 0 Å². The smallest absolute Gasteiger partial charge is 0.303 e. The Labute approximate surface area is 441 Å². The molecule has 6 rings (SSSR count). The van der Waals surface area contributed by atoms with E-state index in [1.165, 1.54) is 24.3 Å². The summed E-state index contributed by atoms with van der Waals surface area (Å²) >= 11 is 0.